The van der Waals surface area contributed by atoms with Gasteiger partial charge in [0.1, 0.15) is 23.4 Å². The lowest BCUT2D eigenvalue weighted by molar-refractivity contribution is -0.147. The van der Waals surface area contributed by atoms with E-state index in [2.05, 4.69) is 9.36 Å². The Hall–Kier alpha value is -1.10. The number of nitrogens with two attached hydrogens (primary N) is 1. The Morgan fingerprint density at radius 3 is 3.10 bits per heavy atom. The Balaban J connectivity index is 1.82. The minimum absolute atomic E-state index is 0.0810. The zero-order chi connectivity index (χ0) is 14.3. The lowest BCUT2D eigenvalue weighted by Crippen LogP contribution is -2.68. The van der Waals surface area contributed by atoms with Crippen molar-refractivity contribution in [1.29, 1.82) is 0 Å². The molecule has 1 aromatic rings. The van der Waals surface area contributed by atoms with Gasteiger partial charge in [-0.1, -0.05) is 11.8 Å². The second kappa shape index (κ2) is 5.35. The van der Waals surface area contributed by atoms with Crippen LogP contribution < -0.4 is 5.73 Å². The van der Waals surface area contributed by atoms with Crippen LogP contribution in [-0.4, -0.2) is 54.2 Å². The van der Waals surface area contributed by atoms with Crippen LogP contribution in [0.25, 0.3) is 0 Å². The van der Waals surface area contributed by atoms with Crippen molar-refractivity contribution in [2.45, 2.75) is 15.8 Å². The number of carboxylic acids is 1. The number of rotatable bonds is 4. The number of carbonyl (C=O) groups excluding carboxylic acids is 1. The third-order valence-corrected chi connectivity index (χ3v) is 6.25. The number of hydrogen-bond donors (Lipinski definition) is 2. The lowest BCUT2D eigenvalue weighted by atomic mass is 10.0. The second-order valence-corrected chi connectivity index (χ2v) is 7.30. The van der Waals surface area contributed by atoms with E-state index in [-0.39, 0.29) is 17.0 Å². The van der Waals surface area contributed by atoms with E-state index in [1.165, 1.54) is 46.3 Å². The summed E-state index contributed by atoms with van der Waals surface area (Å²) in [6.07, 6.45) is 1.46. The predicted molar refractivity (Wildman–Crippen MR) is 76.4 cm³/mol. The number of fused-ring (bicyclic) bond motifs is 1. The Morgan fingerprint density at radius 2 is 2.45 bits per heavy atom. The van der Waals surface area contributed by atoms with Crippen LogP contribution in [0.1, 0.15) is 0 Å². The third kappa shape index (κ3) is 2.22. The number of carboxylic acid groups (broad SMARTS) is 1. The monoisotopic (exact) mass is 330 g/mol. The van der Waals surface area contributed by atoms with Crippen LogP contribution in [0.5, 0.6) is 0 Å². The zero-order valence-corrected chi connectivity index (χ0v) is 12.5. The summed E-state index contributed by atoms with van der Waals surface area (Å²) in [5.41, 5.74) is 6.49. The second-order valence-electron chi connectivity index (χ2n) is 4.19. The van der Waals surface area contributed by atoms with E-state index in [1.807, 2.05) is 0 Å². The van der Waals surface area contributed by atoms with Crippen molar-refractivity contribution in [2.24, 2.45) is 5.73 Å². The molecule has 0 spiro atoms. The number of aliphatic carboxylic acids is 1. The highest BCUT2D eigenvalue weighted by Gasteiger charge is 2.51. The first kappa shape index (κ1) is 13.9. The smallest absolute Gasteiger partial charge is 0.352 e. The molecule has 20 heavy (non-hydrogen) atoms. The minimum atomic E-state index is -1.08. The van der Waals surface area contributed by atoms with Crippen LogP contribution in [-0.2, 0) is 9.59 Å². The van der Waals surface area contributed by atoms with Crippen LogP contribution in [0.2, 0.25) is 0 Å². The van der Waals surface area contributed by atoms with E-state index in [1.54, 1.807) is 0 Å². The summed E-state index contributed by atoms with van der Waals surface area (Å²) in [5, 5.41) is 9.11. The van der Waals surface area contributed by atoms with E-state index >= 15 is 0 Å². The molecule has 2 aliphatic rings. The van der Waals surface area contributed by atoms with E-state index in [9.17, 15) is 14.7 Å². The van der Waals surface area contributed by atoms with Crippen molar-refractivity contribution in [3.8, 4) is 0 Å². The fraction of sp³-hybridized carbons (Fsp3) is 0.400. The molecule has 0 aromatic carbocycles. The number of amides is 1. The molecule has 10 heteroatoms. The molecule has 3 N–H and O–H groups in total. The number of hydrogen-bond acceptors (Lipinski definition) is 8. The molecule has 0 bridgehead atoms. The van der Waals surface area contributed by atoms with Gasteiger partial charge in [0.05, 0.1) is 0 Å². The molecule has 7 nitrogen and oxygen atoms in total. The summed E-state index contributed by atoms with van der Waals surface area (Å²) in [6.45, 7) is 0. The van der Waals surface area contributed by atoms with Crippen molar-refractivity contribution in [2.75, 3.05) is 11.5 Å². The molecule has 2 atom stereocenters. The maximum Gasteiger partial charge on any atom is 0.352 e. The molecule has 3 heterocycles. The van der Waals surface area contributed by atoms with Crippen LogP contribution in [0.15, 0.2) is 21.9 Å². The SMILES string of the molecule is NC1C(=O)N2C(C(=O)O)=C(CSc3ncns3)CS[C@@H]12. The zero-order valence-electron chi connectivity index (χ0n) is 10.1. The third-order valence-electron chi connectivity index (χ3n) is 3.00. The molecule has 0 aliphatic carbocycles. The van der Waals surface area contributed by atoms with Gasteiger partial charge in [-0.2, -0.15) is 4.37 Å². The van der Waals surface area contributed by atoms with Crippen molar-refractivity contribution >= 4 is 46.9 Å². The maximum atomic E-state index is 11.8. The topological polar surface area (TPSA) is 109 Å². The Morgan fingerprint density at radius 1 is 1.65 bits per heavy atom. The first-order valence-electron chi connectivity index (χ1n) is 5.64. The largest absolute Gasteiger partial charge is 0.477 e. The Bertz CT molecular complexity index is 589. The van der Waals surface area contributed by atoms with Gasteiger partial charge in [-0.3, -0.25) is 9.69 Å². The molecule has 1 amide bonds. The van der Waals surface area contributed by atoms with E-state index in [0.717, 1.165) is 9.91 Å². The molecule has 2 aliphatic heterocycles. The first-order valence-corrected chi connectivity index (χ1v) is 8.45. The van der Waals surface area contributed by atoms with Gasteiger partial charge in [0, 0.05) is 11.5 Å². The molecular weight excluding hydrogens is 320 g/mol. The Kier molecular flexibility index (Phi) is 3.71. The fourth-order valence-electron chi connectivity index (χ4n) is 2.07. The van der Waals surface area contributed by atoms with Crippen molar-refractivity contribution < 1.29 is 14.7 Å². The molecule has 106 valence electrons. The maximum absolute atomic E-state index is 11.8. The lowest BCUT2D eigenvalue weighted by Gasteiger charge is -2.48. The van der Waals surface area contributed by atoms with Gasteiger partial charge >= 0.3 is 5.97 Å². The molecular formula is C10H10N4O3S3. The van der Waals surface area contributed by atoms with Crippen molar-refractivity contribution in [3.63, 3.8) is 0 Å². The van der Waals surface area contributed by atoms with Gasteiger partial charge in [-0.25, -0.2) is 9.78 Å². The number of nitrogens with zero attached hydrogens (tertiary/aromatic N) is 3. The number of carbonyl (C=O) groups is 2. The fourth-order valence-corrected chi connectivity index (χ4v) is 4.94. The highest BCUT2D eigenvalue weighted by molar-refractivity contribution is 8.01. The summed E-state index contributed by atoms with van der Waals surface area (Å²) in [7, 11) is 0. The average molecular weight is 330 g/mol. The molecule has 0 radical (unpaired) electrons. The van der Waals surface area contributed by atoms with Crippen LogP contribution >= 0.6 is 35.1 Å². The summed E-state index contributed by atoms with van der Waals surface area (Å²) >= 11 is 4.19. The minimum Gasteiger partial charge on any atom is -0.477 e. The number of β-lactam (4-membered cyclic amide) rings is 1. The highest BCUT2D eigenvalue weighted by Crippen LogP contribution is 2.40. The molecule has 1 fully saturated rings. The van der Waals surface area contributed by atoms with E-state index < -0.39 is 12.0 Å². The van der Waals surface area contributed by atoms with Gasteiger partial charge in [-0.05, 0) is 17.1 Å². The van der Waals surface area contributed by atoms with Gasteiger partial charge in [-0.15, -0.1) is 11.8 Å². The van der Waals surface area contributed by atoms with Gasteiger partial charge in [0.15, 0.2) is 4.34 Å². The van der Waals surface area contributed by atoms with Gasteiger partial charge in [0.25, 0.3) is 0 Å². The van der Waals surface area contributed by atoms with Crippen molar-refractivity contribution in [1.82, 2.24) is 14.3 Å². The number of aromatic nitrogens is 2. The molecule has 1 aromatic heterocycles. The molecule has 3 rings (SSSR count). The normalized spacial score (nSPS) is 25.4. The highest BCUT2D eigenvalue weighted by atomic mass is 32.2. The van der Waals surface area contributed by atoms with Crippen LogP contribution in [0.3, 0.4) is 0 Å². The summed E-state index contributed by atoms with van der Waals surface area (Å²) < 4.78 is 4.67. The molecule has 1 saturated heterocycles. The summed E-state index contributed by atoms with van der Waals surface area (Å²) in [4.78, 5) is 28.5. The molecule has 0 saturated carbocycles. The van der Waals surface area contributed by atoms with Crippen LogP contribution in [0, 0.1) is 0 Å². The summed E-state index contributed by atoms with van der Waals surface area (Å²) in [6, 6.07) is -0.591. The quantitative estimate of drug-likeness (QED) is 0.596. The number of thioether (sulfide) groups is 2. The van der Waals surface area contributed by atoms with Gasteiger partial charge in [0.2, 0.25) is 5.91 Å². The predicted octanol–water partition coefficient (Wildman–Crippen LogP) is 0.211. The Labute approximate surface area is 126 Å². The van der Waals surface area contributed by atoms with E-state index in [4.69, 9.17) is 5.73 Å². The van der Waals surface area contributed by atoms with Crippen molar-refractivity contribution in [3.05, 3.63) is 17.6 Å². The van der Waals surface area contributed by atoms with Crippen LogP contribution in [0.4, 0.5) is 0 Å². The first-order chi connectivity index (χ1) is 9.59. The average Bonchev–Trinajstić information content (AvgIpc) is 2.96. The molecule has 1 unspecified atom stereocenters. The van der Waals surface area contributed by atoms with E-state index in [0.29, 0.717) is 11.5 Å². The van der Waals surface area contributed by atoms with Gasteiger partial charge < -0.3 is 10.8 Å². The summed E-state index contributed by atoms with van der Waals surface area (Å²) in [5.74, 6) is -0.355. The standard InChI is InChI=1S/C10H10N4O3S3/c11-5-7(15)14-6(9(16)17)4(1-18-8(5)14)2-19-10-12-3-13-20-10/h3,5,8H,1-2,11H2,(H,16,17)/t5?,8-/m0/s1.